The van der Waals surface area contributed by atoms with E-state index in [1.807, 2.05) is 24.3 Å². The third-order valence-corrected chi connectivity index (χ3v) is 5.35. The minimum atomic E-state index is -0.210. The predicted octanol–water partition coefficient (Wildman–Crippen LogP) is 2.82. The number of halogens is 1. The van der Waals surface area contributed by atoms with E-state index in [0.29, 0.717) is 18.5 Å². The molecule has 0 saturated carbocycles. The van der Waals surface area contributed by atoms with Gasteiger partial charge in [0.25, 0.3) is 5.91 Å². The van der Waals surface area contributed by atoms with Crippen molar-refractivity contribution in [1.82, 2.24) is 15.6 Å². The summed E-state index contributed by atoms with van der Waals surface area (Å²) in [6, 6.07) is 8.13. The second-order valence-corrected chi connectivity index (χ2v) is 7.17. The van der Waals surface area contributed by atoms with Gasteiger partial charge in [0.15, 0.2) is 0 Å². The van der Waals surface area contributed by atoms with Crippen molar-refractivity contribution in [3.8, 4) is 10.6 Å². The monoisotopic (exact) mass is 409 g/mol. The van der Waals surface area contributed by atoms with Gasteiger partial charge in [0.2, 0.25) is 0 Å². The van der Waals surface area contributed by atoms with Crippen LogP contribution in [-0.2, 0) is 16.0 Å². The number of nitrogens with zero attached hydrogens (tertiary/aromatic N) is 1. The Morgan fingerprint density at radius 1 is 1.26 bits per heavy atom. The van der Waals surface area contributed by atoms with Crippen LogP contribution in [0.4, 0.5) is 0 Å². The summed E-state index contributed by atoms with van der Waals surface area (Å²) >= 11 is 1.46. The molecule has 0 spiro atoms. The highest BCUT2D eigenvalue weighted by Crippen LogP contribution is 2.24. The maximum atomic E-state index is 12.4. The van der Waals surface area contributed by atoms with E-state index in [4.69, 9.17) is 0 Å². The fourth-order valence-electron chi connectivity index (χ4n) is 2.90. The Morgan fingerprint density at radius 2 is 1.96 bits per heavy atom. The van der Waals surface area contributed by atoms with Gasteiger partial charge in [0.1, 0.15) is 10.7 Å². The molecular formula is C19H24ClN3O3S. The third-order valence-electron chi connectivity index (χ3n) is 4.46. The summed E-state index contributed by atoms with van der Waals surface area (Å²) in [6.45, 7) is 1.88. The number of amides is 1. The molecule has 2 N–H and O–H groups in total. The fraction of sp³-hybridized carbons (Fsp3) is 0.421. The molecule has 1 amide bonds. The molecule has 0 radical (unpaired) electrons. The van der Waals surface area contributed by atoms with Gasteiger partial charge in [-0.3, -0.25) is 9.59 Å². The lowest BCUT2D eigenvalue weighted by atomic mass is 10.1. The molecule has 0 unspecified atom stereocenters. The largest absolute Gasteiger partial charge is 0.469 e. The lowest BCUT2D eigenvalue weighted by molar-refractivity contribution is -0.140. The minimum absolute atomic E-state index is 0. The van der Waals surface area contributed by atoms with Crippen molar-refractivity contribution in [3.05, 3.63) is 40.9 Å². The predicted molar refractivity (Wildman–Crippen MR) is 108 cm³/mol. The first-order valence-corrected chi connectivity index (χ1v) is 9.67. The second-order valence-electron chi connectivity index (χ2n) is 6.31. The van der Waals surface area contributed by atoms with Crippen LogP contribution in [0.1, 0.15) is 35.3 Å². The van der Waals surface area contributed by atoms with Crippen LogP contribution in [0, 0.1) is 0 Å². The molecule has 0 aliphatic carbocycles. The highest BCUT2D eigenvalue weighted by Gasteiger charge is 2.18. The molecule has 0 atom stereocenters. The van der Waals surface area contributed by atoms with Crippen molar-refractivity contribution >= 4 is 35.6 Å². The third kappa shape index (κ3) is 6.02. The molecule has 1 aliphatic heterocycles. The number of hydrogen-bond acceptors (Lipinski definition) is 6. The summed E-state index contributed by atoms with van der Waals surface area (Å²) in [4.78, 5) is 28.0. The van der Waals surface area contributed by atoms with Gasteiger partial charge in [0.05, 0.1) is 7.11 Å². The molecule has 2 aromatic rings. The molecule has 2 heterocycles. The average Bonchev–Trinajstić information content (AvgIpc) is 3.17. The molecule has 6 nitrogen and oxygen atoms in total. The van der Waals surface area contributed by atoms with E-state index in [1.165, 1.54) is 18.4 Å². The van der Waals surface area contributed by atoms with Gasteiger partial charge in [0, 0.05) is 23.4 Å². The number of piperidine rings is 1. The summed E-state index contributed by atoms with van der Waals surface area (Å²) in [7, 11) is 1.40. The van der Waals surface area contributed by atoms with Crippen LogP contribution >= 0.6 is 23.7 Å². The average molecular weight is 410 g/mol. The van der Waals surface area contributed by atoms with Crippen LogP contribution in [0.15, 0.2) is 29.6 Å². The Hall–Kier alpha value is -1.96. The maximum absolute atomic E-state index is 12.4. The number of aromatic nitrogens is 1. The Labute approximate surface area is 169 Å². The lowest BCUT2D eigenvalue weighted by Crippen LogP contribution is -2.42. The molecule has 0 bridgehead atoms. The Balaban J connectivity index is 0.00000261. The maximum Gasteiger partial charge on any atom is 0.305 e. The van der Waals surface area contributed by atoms with Gasteiger partial charge >= 0.3 is 5.97 Å². The van der Waals surface area contributed by atoms with Gasteiger partial charge in [-0.1, -0.05) is 24.3 Å². The molecule has 1 fully saturated rings. The van der Waals surface area contributed by atoms with Gasteiger partial charge in [-0.25, -0.2) is 4.98 Å². The minimum Gasteiger partial charge on any atom is -0.469 e. The summed E-state index contributed by atoms with van der Waals surface area (Å²) in [6.07, 6.45) is 2.92. The molecule has 146 valence electrons. The molecule has 8 heteroatoms. The van der Waals surface area contributed by atoms with Crippen molar-refractivity contribution in [2.24, 2.45) is 0 Å². The van der Waals surface area contributed by atoms with E-state index in [2.05, 4.69) is 20.4 Å². The number of rotatable bonds is 6. The highest BCUT2D eigenvalue weighted by atomic mass is 35.5. The fourth-order valence-corrected chi connectivity index (χ4v) is 3.70. The van der Waals surface area contributed by atoms with E-state index in [0.717, 1.165) is 42.1 Å². The SMILES string of the molecule is COC(=O)CCc1ccc(-c2nc(C(=O)NC3CCNCC3)cs2)cc1.Cl. The molecule has 3 rings (SSSR count). The zero-order chi connectivity index (χ0) is 18.4. The number of nitrogens with one attached hydrogen (secondary N) is 2. The van der Waals surface area contributed by atoms with Crippen LogP contribution in [0.3, 0.4) is 0 Å². The smallest absolute Gasteiger partial charge is 0.305 e. The van der Waals surface area contributed by atoms with Crippen molar-refractivity contribution in [2.45, 2.75) is 31.7 Å². The first kappa shape index (κ1) is 21.3. The zero-order valence-electron chi connectivity index (χ0n) is 15.2. The van der Waals surface area contributed by atoms with Crippen LogP contribution in [0.5, 0.6) is 0 Å². The Bertz CT molecular complexity index is 758. The number of hydrogen-bond donors (Lipinski definition) is 2. The Morgan fingerprint density at radius 3 is 2.63 bits per heavy atom. The van der Waals surface area contributed by atoms with Crippen molar-refractivity contribution < 1.29 is 14.3 Å². The highest BCUT2D eigenvalue weighted by molar-refractivity contribution is 7.13. The number of carbonyl (C=O) groups is 2. The van der Waals surface area contributed by atoms with Gasteiger partial charge < -0.3 is 15.4 Å². The number of benzene rings is 1. The second kappa shape index (κ2) is 10.4. The first-order valence-electron chi connectivity index (χ1n) is 8.79. The Kier molecular flexibility index (Phi) is 8.22. The van der Waals surface area contributed by atoms with Crippen LogP contribution in [-0.4, -0.2) is 43.1 Å². The number of esters is 1. The molecule has 27 heavy (non-hydrogen) atoms. The quantitative estimate of drug-likeness (QED) is 0.717. The van der Waals surface area contributed by atoms with Gasteiger partial charge in [-0.2, -0.15) is 0 Å². The summed E-state index contributed by atoms with van der Waals surface area (Å²) < 4.78 is 4.66. The number of ether oxygens (including phenoxy) is 1. The van der Waals surface area contributed by atoms with E-state index in [-0.39, 0.29) is 30.3 Å². The molecule has 1 aromatic carbocycles. The van der Waals surface area contributed by atoms with Crippen LogP contribution < -0.4 is 10.6 Å². The van der Waals surface area contributed by atoms with Gasteiger partial charge in [-0.15, -0.1) is 23.7 Å². The zero-order valence-corrected chi connectivity index (χ0v) is 16.8. The van der Waals surface area contributed by atoms with Crippen molar-refractivity contribution in [3.63, 3.8) is 0 Å². The van der Waals surface area contributed by atoms with Crippen molar-refractivity contribution in [2.75, 3.05) is 20.2 Å². The summed E-state index contributed by atoms with van der Waals surface area (Å²) in [5.74, 6) is -0.313. The topological polar surface area (TPSA) is 80.3 Å². The number of thiazole rings is 1. The number of methoxy groups -OCH3 is 1. The normalized spacial score (nSPS) is 14.3. The summed E-state index contributed by atoms with van der Waals surface area (Å²) in [5, 5.41) is 8.97. The molecule has 1 aromatic heterocycles. The lowest BCUT2D eigenvalue weighted by Gasteiger charge is -2.23. The van der Waals surface area contributed by atoms with E-state index in [9.17, 15) is 9.59 Å². The van der Waals surface area contributed by atoms with Crippen LogP contribution in [0.2, 0.25) is 0 Å². The molecule has 1 aliphatic rings. The van der Waals surface area contributed by atoms with Gasteiger partial charge in [-0.05, 0) is 37.9 Å². The number of aryl methyl sites for hydroxylation is 1. The van der Waals surface area contributed by atoms with E-state index < -0.39 is 0 Å². The standard InChI is InChI=1S/C19H23N3O3S.ClH/c1-25-17(23)7-4-13-2-5-14(6-3-13)19-22-16(12-26-19)18(24)21-15-8-10-20-11-9-15;/h2-3,5-6,12,15,20H,4,7-11H2,1H3,(H,21,24);1H. The van der Waals surface area contributed by atoms with E-state index >= 15 is 0 Å². The summed E-state index contributed by atoms with van der Waals surface area (Å²) in [5.41, 5.74) is 2.51. The van der Waals surface area contributed by atoms with Crippen LogP contribution in [0.25, 0.3) is 10.6 Å². The molecule has 1 saturated heterocycles. The van der Waals surface area contributed by atoms with Crippen molar-refractivity contribution in [1.29, 1.82) is 0 Å². The molecular weight excluding hydrogens is 386 g/mol. The first-order chi connectivity index (χ1) is 12.7. The number of carbonyl (C=O) groups excluding carboxylic acids is 2. The van der Waals surface area contributed by atoms with E-state index in [1.54, 1.807) is 5.38 Å².